The molecule has 1 aliphatic rings. The summed E-state index contributed by atoms with van der Waals surface area (Å²) in [6.45, 7) is 2.56. The number of carbonyl (C=O) groups excluding carboxylic acids is 1. The number of hydrogen-bond acceptors (Lipinski definition) is 4. The van der Waals surface area contributed by atoms with Crippen molar-refractivity contribution in [2.24, 2.45) is 0 Å². The fourth-order valence-electron chi connectivity index (χ4n) is 3.03. The highest BCUT2D eigenvalue weighted by Gasteiger charge is 2.26. The van der Waals surface area contributed by atoms with E-state index in [1.807, 2.05) is 12.1 Å². The smallest absolute Gasteiger partial charge is 0.251 e. The first-order chi connectivity index (χ1) is 11.6. The summed E-state index contributed by atoms with van der Waals surface area (Å²) in [5.41, 5.74) is 0.573. The molecule has 1 aromatic carbocycles. The van der Waals surface area contributed by atoms with Gasteiger partial charge in [-0.1, -0.05) is 0 Å². The van der Waals surface area contributed by atoms with Crippen LogP contribution < -0.4 is 5.32 Å². The van der Waals surface area contributed by atoms with Gasteiger partial charge >= 0.3 is 0 Å². The summed E-state index contributed by atoms with van der Waals surface area (Å²) in [6.07, 6.45) is 5.66. The van der Waals surface area contributed by atoms with Crippen molar-refractivity contribution in [3.05, 3.63) is 54.0 Å². The summed E-state index contributed by atoms with van der Waals surface area (Å²) in [5.74, 6) is 0.758. The van der Waals surface area contributed by atoms with Crippen molar-refractivity contribution >= 4 is 16.7 Å². The fraction of sp³-hybridized carbons (Fsp3) is 0.389. The quantitative estimate of drug-likeness (QED) is 0.873. The molecule has 2 atom stereocenters. The lowest BCUT2D eigenvalue weighted by Crippen LogP contribution is -2.36. The van der Waals surface area contributed by atoms with Crippen LogP contribution in [-0.2, 0) is 10.8 Å². The number of hydrogen-bond donors (Lipinski definition) is 1. The predicted molar refractivity (Wildman–Crippen MR) is 93.4 cm³/mol. The molecule has 2 aromatic rings. The first-order valence-corrected chi connectivity index (χ1v) is 9.70. The molecule has 24 heavy (non-hydrogen) atoms. The van der Waals surface area contributed by atoms with Gasteiger partial charge < -0.3 is 9.73 Å². The van der Waals surface area contributed by atoms with Gasteiger partial charge in [-0.25, -0.2) is 0 Å². The van der Waals surface area contributed by atoms with Crippen LogP contribution in [0.1, 0.15) is 35.0 Å². The third-order valence-corrected chi connectivity index (χ3v) is 5.29. The Hall–Kier alpha value is -1.92. The van der Waals surface area contributed by atoms with Gasteiger partial charge in [0.05, 0.1) is 12.3 Å². The highest BCUT2D eigenvalue weighted by atomic mass is 32.2. The molecule has 1 aliphatic heterocycles. The first kappa shape index (κ1) is 16.9. The van der Waals surface area contributed by atoms with Crippen molar-refractivity contribution in [1.29, 1.82) is 0 Å². The van der Waals surface area contributed by atoms with E-state index < -0.39 is 10.8 Å². The Kier molecular flexibility index (Phi) is 5.48. The second kappa shape index (κ2) is 7.77. The molecule has 3 rings (SSSR count). The van der Waals surface area contributed by atoms with Crippen molar-refractivity contribution in [1.82, 2.24) is 10.2 Å². The molecule has 128 valence electrons. The second-order valence-corrected chi connectivity index (χ2v) is 7.34. The van der Waals surface area contributed by atoms with E-state index in [4.69, 9.17) is 4.42 Å². The van der Waals surface area contributed by atoms with Gasteiger partial charge in [0.25, 0.3) is 5.91 Å². The van der Waals surface area contributed by atoms with Crippen molar-refractivity contribution in [2.45, 2.75) is 23.8 Å². The van der Waals surface area contributed by atoms with Crippen LogP contribution in [-0.4, -0.2) is 40.9 Å². The molecule has 6 heteroatoms. The van der Waals surface area contributed by atoms with Gasteiger partial charge in [-0.2, -0.15) is 0 Å². The maximum atomic E-state index is 12.4. The normalized spacial score (nSPS) is 17.5. The van der Waals surface area contributed by atoms with E-state index in [1.54, 1.807) is 36.8 Å². The zero-order chi connectivity index (χ0) is 16.9. The number of nitrogens with zero attached hydrogens (tertiary/aromatic N) is 1. The standard InChI is InChI=1S/C18H22N2O3S/c1-24(22)15-8-6-14(7-9-15)18(21)19-13-16(17-5-4-12-23-17)20-10-2-3-11-20/h4-9,12,16H,2-3,10-11,13H2,1H3,(H,19,21)/t16-,24+/m0/s1. The number of amides is 1. The Morgan fingerprint density at radius 1 is 1.25 bits per heavy atom. The van der Waals surface area contributed by atoms with Crippen LogP contribution in [0.15, 0.2) is 52.0 Å². The summed E-state index contributed by atoms with van der Waals surface area (Å²) >= 11 is 0. The Bertz CT molecular complexity index is 692. The van der Waals surface area contributed by atoms with Gasteiger partial charge in [0.2, 0.25) is 0 Å². The van der Waals surface area contributed by atoms with E-state index in [0.717, 1.165) is 23.7 Å². The molecule has 1 N–H and O–H groups in total. The average Bonchev–Trinajstić information content (AvgIpc) is 3.29. The number of rotatable bonds is 6. The number of nitrogens with one attached hydrogen (secondary N) is 1. The molecule has 0 bridgehead atoms. The predicted octanol–water partition coefficient (Wildman–Crippen LogP) is 2.58. The molecule has 2 heterocycles. The molecule has 0 radical (unpaired) electrons. The summed E-state index contributed by atoms with van der Waals surface area (Å²) in [4.78, 5) is 15.4. The van der Waals surface area contributed by atoms with Gasteiger partial charge in [-0.3, -0.25) is 13.9 Å². The minimum Gasteiger partial charge on any atom is -0.468 e. The molecule has 1 saturated heterocycles. The third kappa shape index (κ3) is 3.94. The topological polar surface area (TPSA) is 62.6 Å². The average molecular weight is 346 g/mol. The molecular formula is C18H22N2O3S. The van der Waals surface area contributed by atoms with Crippen LogP contribution in [0.25, 0.3) is 0 Å². The van der Waals surface area contributed by atoms with Crippen molar-refractivity contribution in [3.63, 3.8) is 0 Å². The number of furan rings is 1. The zero-order valence-corrected chi connectivity index (χ0v) is 14.6. The van der Waals surface area contributed by atoms with E-state index in [0.29, 0.717) is 12.1 Å². The summed E-state index contributed by atoms with van der Waals surface area (Å²) in [7, 11) is -1.03. The molecule has 5 nitrogen and oxygen atoms in total. The van der Waals surface area contributed by atoms with E-state index in [2.05, 4.69) is 10.2 Å². The summed E-state index contributed by atoms with van der Waals surface area (Å²) in [6, 6.07) is 10.8. The minimum atomic E-state index is -1.03. The lowest BCUT2D eigenvalue weighted by molar-refractivity contribution is 0.0933. The van der Waals surface area contributed by atoms with Crippen LogP contribution in [0, 0.1) is 0 Å². The Labute approximate surface area is 144 Å². The van der Waals surface area contributed by atoms with Crippen molar-refractivity contribution in [3.8, 4) is 0 Å². The third-order valence-electron chi connectivity index (χ3n) is 4.36. The maximum absolute atomic E-state index is 12.4. The van der Waals surface area contributed by atoms with Gasteiger partial charge in [-0.05, 0) is 62.3 Å². The van der Waals surface area contributed by atoms with E-state index in [9.17, 15) is 9.00 Å². The molecule has 1 amide bonds. The first-order valence-electron chi connectivity index (χ1n) is 8.14. The van der Waals surface area contributed by atoms with Crippen molar-refractivity contribution < 1.29 is 13.4 Å². The Balaban J connectivity index is 1.65. The minimum absolute atomic E-state index is 0.0638. The second-order valence-electron chi connectivity index (χ2n) is 5.96. The van der Waals surface area contributed by atoms with E-state index in [1.165, 1.54) is 12.8 Å². The van der Waals surface area contributed by atoms with Crippen molar-refractivity contribution in [2.75, 3.05) is 25.9 Å². The van der Waals surface area contributed by atoms with Gasteiger partial charge in [0.15, 0.2) is 0 Å². The van der Waals surface area contributed by atoms with Crippen LogP contribution in [0.4, 0.5) is 0 Å². The Morgan fingerprint density at radius 3 is 2.54 bits per heavy atom. The maximum Gasteiger partial charge on any atom is 0.251 e. The lowest BCUT2D eigenvalue weighted by atomic mass is 10.1. The van der Waals surface area contributed by atoms with Gasteiger partial charge in [-0.15, -0.1) is 0 Å². The largest absolute Gasteiger partial charge is 0.468 e. The van der Waals surface area contributed by atoms with Crippen LogP contribution in [0.3, 0.4) is 0 Å². The number of likely N-dealkylation sites (tertiary alicyclic amines) is 1. The SMILES string of the molecule is C[S@@](=O)c1ccc(C(=O)NC[C@@H](c2ccco2)N2CCCC2)cc1. The lowest BCUT2D eigenvalue weighted by Gasteiger charge is -2.26. The Morgan fingerprint density at radius 2 is 1.96 bits per heavy atom. The van der Waals surface area contributed by atoms with Crippen LogP contribution >= 0.6 is 0 Å². The molecule has 0 saturated carbocycles. The monoisotopic (exact) mass is 346 g/mol. The van der Waals surface area contributed by atoms with Gasteiger partial charge in [0, 0.05) is 34.1 Å². The molecular weight excluding hydrogens is 324 g/mol. The fourth-order valence-corrected chi connectivity index (χ4v) is 3.55. The molecule has 1 aromatic heterocycles. The summed E-state index contributed by atoms with van der Waals surface area (Å²) < 4.78 is 17.0. The number of benzene rings is 1. The van der Waals surface area contributed by atoms with E-state index >= 15 is 0 Å². The van der Waals surface area contributed by atoms with Crippen LogP contribution in [0.5, 0.6) is 0 Å². The van der Waals surface area contributed by atoms with E-state index in [-0.39, 0.29) is 11.9 Å². The zero-order valence-electron chi connectivity index (χ0n) is 13.7. The number of carbonyl (C=O) groups is 1. The summed E-state index contributed by atoms with van der Waals surface area (Å²) in [5, 5.41) is 3.00. The molecule has 0 unspecified atom stereocenters. The molecule has 0 spiro atoms. The van der Waals surface area contributed by atoms with Crippen LogP contribution in [0.2, 0.25) is 0 Å². The highest BCUT2D eigenvalue weighted by Crippen LogP contribution is 2.25. The molecule has 0 aliphatic carbocycles. The van der Waals surface area contributed by atoms with Gasteiger partial charge in [0.1, 0.15) is 5.76 Å². The highest BCUT2D eigenvalue weighted by molar-refractivity contribution is 7.84. The molecule has 1 fully saturated rings.